The molecule has 1 aliphatic carbocycles. The Kier molecular flexibility index (Phi) is 2.73. The number of phenols is 1. The van der Waals surface area contributed by atoms with Crippen LogP contribution in [0.2, 0.25) is 0 Å². The molecule has 14 heavy (non-hydrogen) atoms. The van der Waals surface area contributed by atoms with Crippen LogP contribution in [0, 0.1) is 5.92 Å². The van der Waals surface area contributed by atoms with Crippen LogP contribution in [0.1, 0.15) is 30.7 Å². The van der Waals surface area contributed by atoms with E-state index in [-0.39, 0.29) is 6.61 Å². The Balaban J connectivity index is 2.13. The fourth-order valence-corrected chi connectivity index (χ4v) is 2.03. The van der Waals surface area contributed by atoms with Gasteiger partial charge in [-0.1, -0.05) is 12.1 Å². The first-order valence-corrected chi connectivity index (χ1v) is 5.21. The van der Waals surface area contributed by atoms with Crippen LogP contribution in [0.3, 0.4) is 0 Å². The monoisotopic (exact) mass is 192 g/mol. The Morgan fingerprint density at radius 2 is 1.86 bits per heavy atom. The Bertz CT molecular complexity index is 288. The van der Waals surface area contributed by atoms with Crippen LogP contribution in [-0.2, 0) is 0 Å². The maximum absolute atomic E-state index is 9.17. The molecule has 1 aromatic rings. The highest BCUT2D eigenvalue weighted by Crippen LogP contribution is 2.44. The number of hydrogen-bond acceptors (Lipinski definition) is 2. The summed E-state index contributed by atoms with van der Waals surface area (Å²) in [5, 5.41) is 18.2. The van der Waals surface area contributed by atoms with E-state index in [1.165, 1.54) is 18.4 Å². The molecule has 0 bridgehead atoms. The number of rotatable bonds is 4. The van der Waals surface area contributed by atoms with Crippen LogP contribution >= 0.6 is 0 Å². The van der Waals surface area contributed by atoms with E-state index in [9.17, 15) is 5.11 Å². The van der Waals surface area contributed by atoms with E-state index in [1.54, 1.807) is 12.1 Å². The Morgan fingerprint density at radius 1 is 1.21 bits per heavy atom. The normalized spacial score (nSPS) is 18.1. The molecule has 1 aliphatic rings. The average molecular weight is 192 g/mol. The first-order chi connectivity index (χ1) is 6.81. The summed E-state index contributed by atoms with van der Waals surface area (Å²) < 4.78 is 0. The molecule has 76 valence electrons. The number of benzene rings is 1. The lowest BCUT2D eigenvalue weighted by Crippen LogP contribution is -2.03. The Morgan fingerprint density at radius 3 is 2.36 bits per heavy atom. The van der Waals surface area contributed by atoms with Crippen LogP contribution in [0.25, 0.3) is 0 Å². The summed E-state index contributed by atoms with van der Waals surface area (Å²) in [6.45, 7) is 0.252. The molecule has 0 saturated heterocycles. The van der Waals surface area contributed by atoms with Crippen molar-refractivity contribution >= 4 is 0 Å². The highest BCUT2D eigenvalue weighted by atomic mass is 16.3. The second-order valence-corrected chi connectivity index (χ2v) is 4.05. The minimum atomic E-state index is 0.252. The van der Waals surface area contributed by atoms with Gasteiger partial charge in [-0.25, -0.2) is 0 Å². The molecule has 1 unspecified atom stereocenters. The zero-order valence-electron chi connectivity index (χ0n) is 8.19. The van der Waals surface area contributed by atoms with E-state index in [4.69, 9.17) is 5.11 Å². The van der Waals surface area contributed by atoms with Crippen molar-refractivity contribution in [3.05, 3.63) is 29.8 Å². The van der Waals surface area contributed by atoms with Gasteiger partial charge < -0.3 is 10.2 Å². The van der Waals surface area contributed by atoms with E-state index in [0.717, 1.165) is 12.3 Å². The number of aliphatic hydroxyl groups excluding tert-OH is 1. The minimum Gasteiger partial charge on any atom is -0.508 e. The van der Waals surface area contributed by atoms with Gasteiger partial charge in [0.05, 0.1) is 0 Å². The molecule has 0 amide bonds. The van der Waals surface area contributed by atoms with E-state index in [0.29, 0.717) is 11.7 Å². The second kappa shape index (κ2) is 4.01. The topological polar surface area (TPSA) is 40.5 Å². The van der Waals surface area contributed by atoms with Crippen LogP contribution in [0.15, 0.2) is 24.3 Å². The van der Waals surface area contributed by atoms with Gasteiger partial charge in [-0.15, -0.1) is 0 Å². The van der Waals surface area contributed by atoms with Gasteiger partial charge in [0.2, 0.25) is 0 Å². The number of aliphatic hydroxyl groups is 1. The molecule has 0 aliphatic heterocycles. The van der Waals surface area contributed by atoms with E-state index in [1.807, 2.05) is 12.1 Å². The third-order valence-corrected chi connectivity index (χ3v) is 2.95. The summed E-state index contributed by atoms with van der Waals surface area (Å²) in [6.07, 6.45) is 3.41. The van der Waals surface area contributed by atoms with Gasteiger partial charge in [-0.05, 0) is 48.8 Å². The molecule has 1 aromatic carbocycles. The molecular formula is C12H16O2. The van der Waals surface area contributed by atoms with Gasteiger partial charge in [-0.2, -0.15) is 0 Å². The van der Waals surface area contributed by atoms with Crippen molar-refractivity contribution in [1.82, 2.24) is 0 Å². The summed E-state index contributed by atoms with van der Waals surface area (Å²) in [6, 6.07) is 7.38. The third kappa shape index (κ3) is 2.07. The quantitative estimate of drug-likeness (QED) is 0.768. The van der Waals surface area contributed by atoms with E-state index < -0.39 is 0 Å². The first-order valence-electron chi connectivity index (χ1n) is 5.21. The van der Waals surface area contributed by atoms with Crippen molar-refractivity contribution in [2.24, 2.45) is 5.92 Å². The standard InChI is InChI=1S/C12H16O2/c13-8-7-12(9-1-2-9)10-3-5-11(14)6-4-10/h3-6,9,12-14H,1-2,7-8H2. The fourth-order valence-electron chi connectivity index (χ4n) is 2.03. The van der Waals surface area contributed by atoms with Crippen LogP contribution < -0.4 is 0 Å². The Hall–Kier alpha value is -1.02. The average Bonchev–Trinajstić information content (AvgIpc) is 2.99. The summed E-state index contributed by atoms with van der Waals surface area (Å²) in [4.78, 5) is 0. The van der Waals surface area contributed by atoms with Crippen molar-refractivity contribution in [3.8, 4) is 5.75 Å². The third-order valence-electron chi connectivity index (χ3n) is 2.95. The van der Waals surface area contributed by atoms with Crippen molar-refractivity contribution in [2.45, 2.75) is 25.2 Å². The number of hydrogen-bond donors (Lipinski definition) is 2. The van der Waals surface area contributed by atoms with Gasteiger partial charge in [0.1, 0.15) is 5.75 Å². The largest absolute Gasteiger partial charge is 0.508 e. The molecule has 0 radical (unpaired) electrons. The summed E-state index contributed by atoms with van der Waals surface area (Å²) >= 11 is 0. The molecule has 0 spiro atoms. The number of aromatic hydroxyl groups is 1. The van der Waals surface area contributed by atoms with Crippen molar-refractivity contribution in [3.63, 3.8) is 0 Å². The molecule has 2 N–H and O–H groups in total. The van der Waals surface area contributed by atoms with Crippen molar-refractivity contribution in [1.29, 1.82) is 0 Å². The lowest BCUT2D eigenvalue weighted by molar-refractivity contribution is 0.270. The zero-order chi connectivity index (χ0) is 9.97. The maximum atomic E-state index is 9.17. The lowest BCUT2D eigenvalue weighted by Gasteiger charge is -2.15. The molecule has 2 heteroatoms. The van der Waals surface area contributed by atoms with Crippen molar-refractivity contribution < 1.29 is 10.2 Å². The van der Waals surface area contributed by atoms with Gasteiger partial charge in [0.15, 0.2) is 0 Å². The molecule has 2 nitrogen and oxygen atoms in total. The molecule has 1 saturated carbocycles. The molecular weight excluding hydrogens is 176 g/mol. The van der Waals surface area contributed by atoms with Gasteiger partial charge in [-0.3, -0.25) is 0 Å². The smallest absolute Gasteiger partial charge is 0.115 e. The predicted octanol–water partition coefficient (Wildman–Crippen LogP) is 2.27. The van der Waals surface area contributed by atoms with Crippen molar-refractivity contribution in [2.75, 3.05) is 6.61 Å². The van der Waals surface area contributed by atoms with E-state index >= 15 is 0 Å². The van der Waals surface area contributed by atoms with Gasteiger partial charge >= 0.3 is 0 Å². The number of phenolic OH excluding ortho intramolecular Hbond substituents is 1. The van der Waals surface area contributed by atoms with Crippen LogP contribution in [-0.4, -0.2) is 16.8 Å². The van der Waals surface area contributed by atoms with Gasteiger partial charge in [0, 0.05) is 6.61 Å². The molecule has 0 heterocycles. The molecule has 1 fully saturated rings. The summed E-state index contributed by atoms with van der Waals surface area (Å²) in [7, 11) is 0. The highest BCUT2D eigenvalue weighted by molar-refractivity contribution is 5.29. The van der Waals surface area contributed by atoms with Crippen LogP contribution in [0.5, 0.6) is 5.75 Å². The molecule has 1 atom stereocenters. The zero-order valence-corrected chi connectivity index (χ0v) is 8.19. The first kappa shape index (κ1) is 9.53. The Labute approximate surface area is 84.2 Å². The summed E-state index contributed by atoms with van der Waals surface area (Å²) in [5.74, 6) is 1.56. The molecule has 0 aromatic heterocycles. The molecule has 2 rings (SSSR count). The van der Waals surface area contributed by atoms with E-state index in [2.05, 4.69) is 0 Å². The van der Waals surface area contributed by atoms with Crippen LogP contribution in [0.4, 0.5) is 0 Å². The predicted molar refractivity (Wildman–Crippen MR) is 55.3 cm³/mol. The lowest BCUT2D eigenvalue weighted by atomic mass is 9.91. The fraction of sp³-hybridized carbons (Fsp3) is 0.500. The second-order valence-electron chi connectivity index (χ2n) is 4.05. The summed E-state index contributed by atoms with van der Waals surface area (Å²) in [5.41, 5.74) is 1.25. The van der Waals surface area contributed by atoms with Gasteiger partial charge in [0.25, 0.3) is 0 Å². The maximum Gasteiger partial charge on any atom is 0.115 e. The SMILES string of the molecule is OCCC(c1ccc(O)cc1)C1CC1. The highest BCUT2D eigenvalue weighted by Gasteiger charge is 2.31. The minimum absolute atomic E-state index is 0.252.